The number of amides is 2. The van der Waals surface area contributed by atoms with Crippen molar-refractivity contribution in [3.63, 3.8) is 0 Å². The lowest BCUT2D eigenvalue weighted by atomic mass is 10.1. The molecule has 136 valence electrons. The van der Waals surface area contributed by atoms with Crippen LogP contribution < -0.4 is 10.7 Å². The molecule has 0 aromatic heterocycles. The number of hydrogen-bond donors (Lipinski definition) is 2. The third-order valence-corrected chi connectivity index (χ3v) is 3.70. The summed E-state index contributed by atoms with van der Waals surface area (Å²) in [5, 5.41) is 5.70. The maximum Gasteiger partial charge on any atom is 0.471 e. The average Bonchev–Trinajstić information content (AvgIpc) is 2.58. The topological polar surface area (TPSA) is 70.6 Å². The number of rotatable bonds is 4. The first-order valence-corrected chi connectivity index (χ1v) is 8.05. The molecule has 0 spiro atoms. The molecular formula is C17H13BrF3N3O2. The Kier molecular flexibility index (Phi) is 6.14. The van der Waals surface area contributed by atoms with Gasteiger partial charge in [0.1, 0.15) is 0 Å². The van der Waals surface area contributed by atoms with Gasteiger partial charge in [-0.3, -0.25) is 9.59 Å². The van der Waals surface area contributed by atoms with E-state index in [4.69, 9.17) is 0 Å². The molecule has 0 saturated carbocycles. The van der Waals surface area contributed by atoms with Gasteiger partial charge in [-0.1, -0.05) is 34.1 Å². The molecule has 0 saturated heterocycles. The fourth-order valence-corrected chi connectivity index (χ4v) is 2.32. The second-order valence-corrected chi connectivity index (χ2v) is 6.10. The summed E-state index contributed by atoms with van der Waals surface area (Å²) in [6.45, 7) is 1.58. The van der Waals surface area contributed by atoms with Crippen molar-refractivity contribution in [3.8, 4) is 0 Å². The Hall–Kier alpha value is -2.68. The summed E-state index contributed by atoms with van der Waals surface area (Å²) < 4.78 is 37.7. The Labute approximate surface area is 155 Å². The minimum absolute atomic E-state index is 0.0299. The van der Waals surface area contributed by atoms with Crippen LogP contribution in [0.3, 0.4) is 0 Å². The van der Waals surface area contributed by atoms with Crippen LogP contribution >= 0.6 is 15.9 Å². The molecule has 26 heavy (non-hydrogen) atoms. The molecule has 2 aromatic carbocycles. The fraction of sp³-hybridized carbons (Fsp3) is 0.118. The highest BCUT2D eigenvalue weighted by atomic mass is 79.9. The molecule has 0 fully saturated rings. The number of benzene rings is 2. The Morgan fingerprint density at radius 3 is 2.35 bits per heavy atom. The number of hydrogen-bond acceptors (Lipinski definition) is 3. The van der Waals surface area contributed by atoms with Gasteiger partial charge >= 0.3 is 12.1 Å². The molecular weight excluding hydrogens is 415 g/mol. The van der Waals surface area contributed by atoms with E-state index in [-0.39, 0.29) is 5.69 Å². The van der Waals surface area contributed by atoms with E-state index in [2.05, 4.69) is 26.5 Å². The predicted molar refractivity (Wildman–Crippen MR) is 94.9 cm³/mol. The number of anilines is 1. The summed E-state index contributed by atoms with van der Waals surface area (Å²) in [5.74, 6) is -2.50. The van der Waals surface area contributed by atoms with Crippen LogP contribution in [0.5, 0.6) is 0 Å². The molecule has 0 bridgehead atoms. The standard InChI is InChI=1S/C17H13BrF3N3O2/c1-10(23-24-15(25)12-5-2-6-13(18)8-12)11-4-3-7-14(9-11)22-16(26)17(19,20)21/h2-9H,1H3,(H,22,26)(H,24,25). The lowest BCUT2D eigenvalue weighted by molar-refractivity contribution is -0.167. The minimum Gasteiger partial charge on any atom is -0.318 e. The zero-order chi connectivity index (χ0) is 19.3. The molecule has 2 rings (SSSR count). The fourth-order valence-electron chi connectivity index (χ4n) is 1.92. The van der Waals surface area contributed by atoms with Gasteiger partial charge in [0, 0.05) is 15.7 Å². The van der Waals surface area contributed by atoms with Crippen molar-refractivity contribution in [3.05, 3.63) is 64.1 Å². The second-order valence-electron chi connectivity index (χ2n) is 5.18. The van der Waals surface area contributed by atoms with Crippen molar-refractivity contribution < 1.29 is 22.8 Å². The molecule has 0 aliphatic heterocycles. The molecule has 0 radical (unpaired) electrons. The Bertz CT molecular complexity index is 866. The number of carbonyl (C=O) groups is 2. The highest BCUT2D eigenvalue weighted by molar-refractivity contribution is 9.10. The van der Waals surface area contributed by atoms with Crippen LogP contribution in [0.2, 0.25) is 0 Å². The van der Waals surface area contributed by atoms with Crippen LogP contribution in [-0.2, 0) is 4.79 Å². The smallest absolute Gasteiger partial charge is 0.318 e. The minimum atomic E-state index is -4.98. The normalized spacial score (nSPS) is 11.8. The zero-order valence-electron chi connectivity index (χ0n) is 13.4. The second kappa shape index (κ2) is 8.13. The average molecular weight is 428 g/mol. The summed E-state index contributed by atoms with van der Waals surface area (Å²) in [4.78, 5) is 23.0. The van der Waals surface area contributed by atoms with Crippen LogP contribution in [0.15, 0.2) is 58.1 Å². The summed E-state index contributed by atoms with van der Waals surface area (Å²) in [7, 11) is 0. The summed E-state index contributed by atoms with van der Waals surface area (Å²) in [6.07, 6.45) is -4.98. The Balaban J connectivity index is 2.10. The van der Waals surface area contributed by atoms with Crippen LogP contribution in [0.4, 0.5) is 18.9 Å². The summed E-state index contributed by atoms with van der Waals surface area (Å²) in [5.41, 5.74) is 3.53. The van der Waals surface area contributed by atoms with Crippen molar-refractivity contribution in [2.75, 3.05) is 5.32 Å². The first kappa shape index (κ1) is 19.6. The number of nitrogens with one attached hydrogen (secondary N) is 2. The van der Waals surface area contributed by atoms with E-state index in [1.807, 2.05) is 0 Å². The molecule has 2 N–H and O–H groups in total. The number of alkyl halides is 3. The van der Waals surface area contributed by atoms with E-state index >= 15 is 0 Å². The number of hydrazone groups is 1. The number of halogens is 4. The highest BCUT2D eigenvalue weighted by Gasteiger charge is 2.38. The first-order valence-electron chi connectivity index (χ1n) is 7.25. The quantitative estimate of drug-likeness (QED) is 0.569. The summed E-state index contributed by atoms with van der Waals surface area (Å²) in [6, 6.07) is 12.4. The van der Waals surface area contributed by atoms with E-state index in [0.29, 0.717) is 16.8 Å². The molecule has 0 aliphatic carbocycles. The molecule has 0 atom stereocenters. The van der Waals surface area contributed by atoms with Gasteiger partial charge in [-0.2, -0.15) is 18.3 Å². The van der Waals surface area contributed by atoms with E-state index in [0.717, 1.165) is 4.47 Å². The van der Waals surface area contributed by atoms with Crippen molar-refractivity contribution >= 4 is 39.1 Å². The van der Waals surface area contributed by atoms with Gasteiger partial charge in [-0.15, -0.1) is 0 Å². The van der Waals surface area contributed by atoms with E-state index in [1.165, 1.54) is 18.2 Å². The van der Waals surface area contributed by atoms with Gasteiger partial charge in [-0.25, -0.2) is 5.43 Å². The molecule has 0 unspecified atom stereocenters. The van der Waals surface area contributed by atoms with Crippen LogP contribution in [0.25, 0.3) is 0 Å². The predicted octanol–water partition coefficient (Wildman–Crippen LogP) is 4.10. The van der Waals surface area contributed by atoms with Crippen LogP contribution in [0.1, 0.15) is 22.8 Å². The SMILES string of the molecule is CC(=NNC(=O)c1cccc(Br)c1)c1cccc(NC(=O)C(F)(F)F)c1. The molecule has 2 aromatic rings. The van der Waals surface area contributed by atoms with Gasteiger partial charge in [0.05, 0.1) is 5.71 Å². The van der Waals surface area contributed by atoms with E-state index in [1.54, 1.807) is 42.6 Å². The van der Waals surface area contributed by atoms with Gasteiger partial charge in [-0.05, 0) is 42.8 Å². The Morgan fingerprint density at radius 1 is 1.04 bits per heavy atom. The van der Waals surface area contributed by atoms with Crippen LogP contribution in [-0.4, -0.2) is 23.7 Å². The van der Waals surface area contributed by atoms with Gasteiger partial charge in [0.15, 0.2) is 0 Å². The van der Waals surface area contributed by atoms with Crippen LogP contribution in [0, 0.1) is 0 Å². The zero-order valence-corrected chi connectivity index (χ0v) is 15.0. The van der Waals surface area contributed by atoms with Gasteiger partial charge < -0.3 is 5.32 Å². The molecule has 0 aliphatic rings. The summed E-state index contributed by atoms with van der Waals surface area (Å²) >= 11 is 3.26. The van der Waals surface area contributed by atoms with Crippen molar-refractivity contribution in [2.45, 2.75) is 13.1 Å². The Morgan fingerprint density at radius 2 is 1.69 bits per heavy atom. The number of nitrogens with zero attached hydrogens (tertiary/aromatic N) is 1. The maximum absolute atomic E-state index is 12.3. The monoisotopic (exact) mass is 427 g/mol. The van der Waals surface area contributed by atoms with Crippen molar-refractivity contribution in [2.24, 2.45) is 5.10 Å². The van der Waals surface area contributed by atoms with E-state index in [9.17, 15) is 22.8 Å². The third kappa shape index (κ3) is 5.41. The molecule has 9 heteroatoms. The molecule has 0 heterocycles. The van der Waals surface area contributed by atoms with Gasteiger partial charge in [0.25, 0.3) is 5.91 Å². The van der Waals surface area contributed by atoms with Crippen molar-refractivity contribution in [1.82, 2.24) is 5.43 Å². The molecule has 5 nitrogen and oxygen atoms in total. The lowest BCUT2D eigenvalue weighted by Gasteiger charge is -2.09. The third-order valence-electron chi connectivity index (χ3n) is 3.21. The first-order chi connectivity index (χ1) is 12.2. The highest BCUT2D eigenvalue weighted by Crippen LogP contribution is 2.19. The van der Waals surface area contributed by atoms with Crippen molar-refractivity contribution in [1.29, 1.82) is 0 Å². The lowest BCUT2D eigenvalue weighted by Crippen LogP contribution is -2.29. The molecule has 2 amide bonds. The van der Waals surface area contributed by atoms with Gasteiger partial charge in [0.2, 0.25) is 0 Å². The number of carbonyl (C=O) groups excluding carboxylic acids is 2. The van der Waals surface area contributed by atoms with E-state index < -0.39 is 18.0 Å². The largest absolute Gasteiger partial charge is 0.471 e. The maximum atomic E-state index is 12.3.